The van der Waals surface area contributed by atoms with E-state index >= 15 is 0 Å². The minimum Gasteiger partial charge on any atom is -0.478 e. The molecule has 0 aliphatic rings. The molecule has 0 spiro atoms. The molecule has 8 heteroatoms. The second-order valence-electron chi connectivity index (χ2n) is 4.41. The van der Waals surface area contributed by atoms with Gasteiger partial charge in [0.25, 0.3) is 0 Å². The zero-order chi connectivity index (χ0) is 16.2. The summed E-state index contributed by atoms with van der Waals surface area (Å²) >= 11 is 0. The number of likely N-dealkylation sites (N-methyl/N-ethyl adjacent to an activating group) is 1. The molecule has 1 unspecified atom stereocenters. The number of rotatable bonds is 6. The SMILES string of the molecule is CC(CO)N(C)S(=O)(=O)c1ccc(/C=C/C(=O)O)cc1F. The standard InChI is InChI=1S/C13H16FNO5S/c1-9(8-16)15(2)21(19,20)12-5-3-10(7-11(12)14)4-6-13(17)18/h3-7,9,16H,8H2,1-2H3,(H,17,18)/b6-4+. The molecule has 21 heavy (non-hydrogen) atoms. The summed E-state index contributed by atoms with van der Waals surface area (Å²) in [6, 6.07) is 2.60. The Morgan fingerprint density at radius 3 is 2.57 bits per heavy atom. The molecule has 0 radical (unpaired) electrons. The van der Waals surface area contributed by atoms with Crippen LogP contribution < -0.4 is 0 Å². The Bertz CT molecular complexity index is 657. The molecule has 1 atom stereocenters. The van der Waals surface area contributed by atoms with Crippen LogP contribution in [0.5, 0.6) is 0 Å². The Labute approximate surface area is 122 Å². The molecule has 0 aliphatic carbocycles. The maximum absolute atomic E-state index is 13.9. The van der Waals surface area contributed by atoms with Crippen molar-refractivity contribution in [3.05, 3.63) is 35.7 Å². The molecule has 1 aromatic rings. The first-order valence-corrected chi connectivity index (χ1v) is 7.43. The van der Waals surface area contributed by atoms with Crippen molar-refractivity contribution in [1.29, 1.82) is 0 Å². The number of carbonyl (C=O) groups is 1. The summed E-state index contributed by atoms with van der Waals surface area (Å²) in [6.07, 6.45) is 1.98. The van der Waals surface area contributed by atoms with E-state index in [1.54, 1.807) is 0 Å². The monoisotopic (exact) mass is 317 g/mol. The van der Waals surface area contributed by atoms with Crippen LogP contribution in [0.1, 0.15) is 12.5 Å². The van der Waals surface area contributed by atoms with Crippen LogP contribution >= 0.6 is 0 Å². The molecule has 0 aliphatic heterocycles. The van der Waals surface area contributed by atoms with Gasteiger partial charge in [0.05, 0.1) is 6.61 Å². The summed E-state index contributed by atoms with van der Waals surface area (Å²) in [6.45, 7) is 1.09. The fraction of sp³-hybridized carbons (Fsp3) is 0.308. The number of hydrogen-bond donors (Lipinski definition) is 2. The molecule has 1 rings (SSSR count). The fourth-order valence-corrected chi connectivity index (χ4v) is 2.90. The van der Waals surface area contributed by atoms with Gasteiger partial charge < -0.3 is 10.2 Å². The third-order valence-corrected chi connectivity index (χ3v) is 4.92. The highest BCUT2D eigenvalue weighted by molar-refractivity contribution is 7.89. The lowest BCUT2D eigenvalue weighted by Gasteiger charge is -2.22. The van der Waals surface area contributed by atoms with Crippen LogP contribution in [0.15, 0.2) is 29.2 Å². The predicted octanol–water partition coefficient (Wildman–Crippen LogP) is 0.925. The van der Waals surface area contributed by atoms with Gasteiger partial charge in [0.15, 0.2) is 0 Å². The number of aliphatic carboxylic acids is 1. The molecule has 0 amide bonds. The molecule has 0 aromatic heterocycles. The van der Waals surface area contributed by atoms with Crippen molar-refractivity contribution in [2.75, 3.05) is 13.7 Å². The minimum absolute atomic E-state index is 0.228. The number of nitrogens with zero attached hydrogens (tertiary/aromatic N) is 1. The van der Waals surface area contributed by atoms with E-state index in [2.05, 4.69) is 0 Å². The average molecular weight is 317 g/mol. The first-order valence-electron chi connectivity index (χ1n) is 5.99. The van der Waals surface area contributed by atoms with Crippen molar-refractivity contribution in [3.8, 4) is 0 Å². The summed E-state index contributed by atoms with van der Waals surface area (Å²) in [4.78, 5) is 9.84. The fourth-order valence-electron chi connectivity index (χ4n) is 1.50. The number of hydrogen-bond acceptors (Lipinski definition) is 4. The number of aliphatic hydroxyl groups is 1. The number of carboxylic acid groups (broad SMARTS) is 1. The van der Waals surface area contributed by atoms with Crippen LogP contribution in [0.3, 0.4) is 0 Å². The van der Waals surface area contributed by atoms with E-state index < -0.39 is 39.4 Å². The number of sulfonamides is 1. The van der Waals surface area contributed by atoms with Gasteiger partial charge in [-0.25, -0.2) is 17.6 Å². The third-order valence-electron chi connectivity index (χ3n) is 2.92. The molecule has 0 saturated heterocycles. The maximum atomic E-state index is 13.9. The van der Waals surface area contributed by atoms with Gasteiger partial charge in [-0.15, -0.1) is 0 Å². The van der Waals surface area contributed by atoms with Crippen LogP contribution in [-0.4, -0.2) is 48.6 Å². The minimum atomic E-state index is -4.07. The summed E-state index contributed by atoms with van der Waals surface area (Å²) < 4.78 is 39.2. The van der Waals surface area contributed by atoms with Crippen molar-refractivity contribution in [1.82, 2.24) is 4.31 Å². The van der Waals surface area contributed by atoms with Crippen LogP contribution in [0.4, 0.5) is 4.39 Å². The lowest BCUT2D eigenvalue weighted by molar-refractivity contribution is -0.131. The number of benzene rings is 1. The molecule has 2 N–H and O–H groups in total. The number of aliphatic hydroxyl groups excluding tert-OH is 1. The van der Waals surface area contributed by atoms with E-state index in [1.807, 2.05) is 0 Å². The van der Waals surface area contributed by atoms with Crippen LogP contribution in [0, 0.1) is 5.82 Å². The Kier molecular flexibility index (Phi) is 5.59. The van der Waals surface area contributed by atoms with Crippen LogP contribution in [0.25, 0.3) is 6.08 Å². The number of halogens is 1. The molecule has 0 fully saturated rings. The second kappa shape index (κ2) is 6.79. The van der Waals surface area contributed by atoms with E-state index in [9.17, 15) is 17.6 Å². The molecular weight excluding hydrogens is 301 g/mol. The second-order valence-corrected chi connectivity index (χ2v) is 6.38. The van der Waals surface area contributed by atoms with Gasteiger partial charge in [0.2, 0.25) is 10.0 Å². The lowest BCUT2D eigenvalue weighted by Crippen LogP contribution is -2.37. The highest BCUT2D eigenvalue weighted by Gasteiger charge is 2.27. The smallest absolute Gasteiger partial charge is 0.328 e. The highest BCUT2D eigenvalue weighted by Crippen LogP contribution is 2.21. The molecular formula is C13H16FNO5S. The van der Waals surface area contributed by atoms with E-state index in [-0.39, 0.29) is 5.56 Å². The first-order chi connectivity index (χ1) is 9.70. The zero-order valence-corrected chi connectivity index (χ0v) is 12.3. The quantitative estimate of drug-likeness (QED) is 0.761. The van der Waals surface area contributed by atoms with Gasteiger partial charge in [-0.05, 0) is 30.7 Å². The van der Waals surface area contributed by atoms with Crippen molar-refractivity contribution in [3.63, 3.8) is 0 Å². The topological polar surface area (TPSA) is 94.9 Å². The summed E-state index contributed by atoms with van der Waals surface area (Å²) in [7, 11) is -2.83. The first kappa shape index (κ1) is 17.3. The van der Waals surface area contributed by atoms with Gasteiger partial charge in [-0.2, -0.15) is 4.31 Å². The largest absolute Gasteiger partial charge is 0.478 e. The van der Waals surface area contributed by atoms with Gasteiger partial charge in [-0.3, -0.25) is 0 Å². The normalized spacial score (nSPS) is 13.8. The van der Waals surface area contributed by atoms with Crippen molar-refractivity contribution in [2.45, 2.75) is 17.9 Å². The van der Waals surface area contributed by atoms with Crippen LogP contribution in [-0.2, 0) is 14.8 Å². The Balaban J connectivity index is 3.18. The van der Waals surface area contributed by atoms with E-state index in [1.165, 1.54) is 20.0 Å². The molecule has 1 aromatic carbocycles. The maximum Gasteiger partial charge on any atom is 0.328 e. The van der Waals surface area contributed by atoms with Gasteiger partial charge in [0, 0.05) is 19.2 Å². The van der Waals surface area contributed by atoms with Crippen molar-refractivity contribution >= 4 is 22.1 Å². The van der Waals surface area contributed by atoms with E-state index in [4.69, 9.17) is 10.2 Å². The Hall–Kier alpha value is -1.77. The van der Waals surface area contributed by atoms with E-state index in [0.29, 0.717) is 0 Å². The molecule has 0 heterocycles. The Morgan fingerprint density at radius 1 is 1.48 bits per heavy atom. The van der Waals surface area contributed by atoms with Gasteiger partial charge in [-0.1, -0.05) is 6.07 Å². The molecule has 0 saturated carbocycles. The number of carboxylic acids is 1. The predicted molar refractivity (Wildman–Crippen MR) is 74.6 cm³/mol. The third kappa shape index (κ3) is 4.10. The average Bonchev–Trinajstić information content (AvgIpc) is 2.43. The van der Waals surface area contributed by atoms with E-state index in [0.717, 1.165) is 28.6 Å². The Morgan fingerprint density at radius 2 is 2.10 bits per heavy atom. The summed E-state index contributed by atoms with van der Waals surface area (Å²) in [5, 5.41) is 17.5. The van der Waals surface area contributed by atoms with Crippen molar-refractivity contribution in [2.24, 2.45) is 0 Å². The van der Waals surface area contributed by atoms with Gasteiger partial charge in [0.1, 0.15) is 10.7 Å². The zero-order valence-electron chi connectivity index (χ0n) is 11.5. The summed E-state index contributed by atoms with van der Waals surface area (Å²) in [5.74, 6) is -2.18. The molecule has 116 valence electrons. The summed E-state index contributed by atoms with van der Waals surface area (Å²) in [5.41, 5.74) is 0.228. The van der Waals surface area contributed by atoms with Crippen molar-refractivity contribution < 1.29 is 27.8 Å². The highest BCUT2D eigenvalue weighted by atomic mass is 32.2. The van der Waals surface area contributed by atoms with Gasteiger partial charge >= 0.3 is 5.97 Å². The lowest BCUT2D eigenvalue weighted by atomic mass is 10.2. The molecule has 0 bridgehead atoms. The molecule has 6 nitrogen and oxygen atoms in total. The van der Waals surface area contributed by atoms with Crippen LogP contribution in [0.2, 0.25) is 0 Å².